The smallest absolute Gasteiger partial charge is 0.305 e. The lowest BCUT2D eigenvalue weighted by Crippen LogP contribution is -2.58. The van der Waals surface area contributed by atoms with Crippen molar-refractivity contribution in [3.05, 3.63) is 0 Å². The zero-order chi connectivity index (χ0) is 12.1. The van der Waals surface area contributed by atoms with Crippen molar-refractivity contribution in [2.75, 3.05) is 26.8 Å². The minimum Gasteiger partial charge on any atom is -0.481 e. The molecule has 2 amide bonds. The fraction of sp³-hybridized carbons (Fsp3) is 0.667. The van der Waals surface area contributed by atoms with Crippen LogP contribution in [0, 0.1) is 0 Å². The molecule has 0 aromatic carbocycles. The third kappa shape index (κ3) is 2.93. The number of amides is 2. The molecule has 1 atom stereocenters. The van der Waals surface area contributed by atoms with E-state index >= 15 is 0 Å². The number of carboxylic acids is 1. The average Bonchev–Trinajstić information content (AvgIpc) is 2.20. The molecule has 1 rings (SSSR count). The molecule has 1 fully saturated rings. The van der Waals surface area contributed by atoms with Crippen molar-refractivity contribution in [2.45, 2.75) is 12.5 Å². The first-order valence-electron chi connectivity index (χ1n) is 4.84. The molecule has 1 saturated heterocycles. The van der Waals surface area contributed by atoms with Crippen LogP contribution in [0.5, 0.6) is 0 Å². The number of nitrogens with one attached hydrogen (secondary N) is 1. The van der Waals surface area contributed by atoms with Gasteiger partial charge in [0.1, 0.15) is 12.6 Å². The average molecular weight is 230 g/mol. The quantitative estimate of drug-likeness (QED) is 0.608. The molecule has 16 heavy (non-hydrogen) atoms. The molecule has 7 heteroatoms. The first-order valence-corrected chi connectivity index (χ1v) is 4.84. The SMILES string of the molecule is COCC(=O)N1CCNC(=O)C1CC(=O)O. The minimum atomic E-state index is -1.11. The highest BCUT2D eigenvalue weighted by Gasteiger charge is 2.34. The van der Waals surface area contributed by atoms with Gasteiger partial charge in [-0.1, -0.05) is 0 Å². The summed E-state index contributed by atoms with van der Waals surface area (Å²) in [5.41, 5.74) is 0. The second-order valence-corrected chi connectivity index (χ2v) is 3.42. The first kappa shape index (κ1) is 12.4. The molecule has 1 aliphatic rings. The van der Waals surface area contributed by atoms with Crippen molar-refractivity contribution in [1.29, 1.82) is 0 Å². The molecule has 0 spiro atoms. The summed E-state index contributed by atoms with van der Waals surface area (Å²) in [5.74, 6) is -1.92. The van der Waals surface area contributed by atoms with E-state index in [4.69, 9.17) is 5.11 Å². The molecule has 2 N–H and O–H groups in total. The summed E-state index contributed by atoms with van der Waals surface area (Å²) in [7, 11) is 1.37. The highest BCUT2D eigenvalue weighted by Crippen LogP contribution is 2.09. The molecule has 90 valence electrons. The van der Waals surface area contributed by atoms with Gasteiger partial charge in [0.05, 0.1) is 6.42 Å². The lowest BCUT2D eigenvalue weighted by molar-refractivity contribution is -0.150. The Hall–Kier alpha value is -1.63. The van der Waals surface area contributed by atoms with Crippen molar-refractivity contribution >= 4 is 17.8 Å². The molecular weight excluding hydrogens is 216 g/mol. The van der Waals surface area contributed by atoms with Gasteiger partial charge < -0.3 is 20.1 Å². The van der Waals surface area contributed by atoms with Crippen LogP contribution in [0.1, 0.15) is 6.42 Å². The number of aliphatic carboxylic acids is 1. The molecule has 7 nitrogen and oxygen atoms in total. The van der Waals surface area contributed by atoms with Crippen molar-refractivity contribution in [3.63, 3.8) is 0 Å². The van der Waals surface area contributed by atoms with Crippen LogP contribution in [-0.2, 0) is 19.1 Å². The molecule has 0 bridgehead atoms. The lowest BCUT2D eigenvalue weighted by Gasteiger charge is -2.34. The van der Waals surface area contributed by atoms with Gasteiger partial charge in [-0.05, 0) is 0 Å². The highest BCUT2D eigenvalue weighted by atomic mass is 16.5. The number of rotatable bonds is 4. The van der Waals surface area contributed by atoms with Gasteiger partial charge in [0, 0.05) is 20.2 Å². The monoisotopic (exact) mass is 230 g/mol. The van der Waals surface area contributed by atoms with E-state index < -0.39 is 17.9 Å². The van der Waals surface area contributed by atoms with Crippen LogP contribution in [0.15, 0.2) is 0 Å². The Kier molecular flexibility index (Phi) is 4.24. The Bertz CT molecular complexity index is 304. The fourth-order valence-corrected chi connectivity index (χ4v) is 1.59. The van der Waals surface area contributed by atoms with Crippen molar-refractivity contribution < 1.29 is 24.2 Å². The largest absolute Gasteiger partial charge is 0.481 e. The standard InChI is InChI=1S/C9H14N2O5/c1-16-5-7(12)11-3-2-10-9(15)6(11)4-8(13)14/h6H,2-5H2,1H3,(H,10,15)(H,13,14). The predicted octanol–water partition coefficient (Wildman–Crippen LogP) is -1.57. The summed E-state index contributed by atoms with van der Waals surface area (Å²) >= 11 is 0. The van der Waals surface area contributed by atoms with Crippen LogP contribution in [-0.4, -0.2) is 60.6 Å². The zero-order valence-corrected chi connectivity index (χ0v) is 8.93. The Labute approximate surface area is 92.4 Å². The van der Waals surface area contributed by atoms with E-state index in [0.717, 1.165) is 0 Å². The molecule has 0 aromatic rings. The molecule has 1 unspecified atom stereocenters. The number of methoxy groups -OCH3 is 1. The second-order valence-electron chi connectivity index (χ2n) is 3.42. The summed E-state index contributed by atoms with van der Waals surface area (Å²) < 4.78 is 4.68. The van der Waals surface area contributed by atoms with Gasteiger partial charge in [0.15, 0.2) is 0 Å². The molecule has 1 aliphatic heterocycles. The summed E-state index contributed by atoms with van der Waals surface area (Å²) in [6, 6.07) is -0.936. The van der Waals surface area contributed by atoms with E-state index in [2.05, 4.69) is 10.1 Å². The molecule has 0 saturated carbocycles. The van der Waals surface area contributed by atoms with E-state index in [-0.39, 0.29) is 18.9 Å². The number of ether oxygens (including phenoxy) is 1. The zero-order valence-electron chi connectivity index (χ0n) is 8.93. The number of carboxylic acid groups (broad SMARTS) is 1. The number of carbonyl (C=O) groups excluding carboxylic acids is 2. The van der Waals surface area contributed by atoms with E-state index in [1.165, 1.54) is 12.0 Å². The van der Waals surface area contributed by atoms with Crippen LogP contribution in [0.25, 0.3) is 0 Å². The van der Waals surface area contributed by atoms with Crippen molar-refractivity contribution in [2.24, 2.45) is 0 Å². The van der Waals surface area contributed by atoms with Gasteiger partial charge in [-0.15, -0.1) is 0 Å². The van der Waals surface area contributed by atoms with Gasteiger partial charge in [-0.2, -0.15) is 0 Å². The van der Waals surface area contributed by atoms with Crippen molar-refractivity contribution in [1.82, 2.24) is 10.2 Å². The Morgan fingerprint density at radius 2 is 2.31 bits per heavy atom. The molecule has 0 aliphatic carbocycles. The lowest BCUT2D eigenvalue weighted by atomic mass is 10.1. The Balaban J connectivity index is 2.73. The molecule has 0 radical (unpaired) electrons. The highest BCUT2D eigenvalue weighted by molar-refractivity contribution is 5.91. The van der Waals surface area contributed by atoms with Crippen LogP contribution < -0.4 is 5.32 Å². The van der Waals surface area contributed by atoms with Gasteiger partial charge in [-0.3, -0.25) is 14.4 Å². The first-order chi connectivity index (χ1) is 7.56. The van der Waals surface area contributed by atoms with Crippen LogP contribution in [0.3, 0.4) is 0 Å². The Morgan fingerprint density at radius 3 is 2.88 bits per heavy atom. The van der Waals surface area contributed by atoms with E-state index in [1.807, 2.05) is 0 Å². The van der Waals surface area contributed by atoms with E-state index in [0.29, 0.717) is 13.1 Å². The summed E-state index contributed by atoms with van der Waals surface area (Å²) in [6.45, 7) is 0.500. The normalized spacial score (nSPS) is 20.4. The number of nitrogens with zero attached hydrogens (tertiary/aromatic N) is 1. The minimum absolute atomic E-state index is 0.149. The van der Waals surface area contributed by atoms with E-state index in [1.54, 1.807) is 0 Å². The summed E-state index contributed by atoms with van der Waals surface area (Å²) in [6.07, 6.45) is -0.388. The number of carbonyl (C=O) groups is 3. The maximum absolute atomic E-state index is 11.6. The third-order valence-electron chi connectivity index (χ3n) is 2.29. The van der Waals surface area contributed by atoms with Crippen molar-refractivity contribution in [3.8, 4) is 0 Å². The predicted molar refractivity (Wildman–Crippen MR) is 52.6 cm³/mol. The maximum atomic E-state index is 11.6. The van der Waals surface area contributed by atoms with Crippen LogP contribution in [0.4, 0.5) is 0 Å². The molecule has 0 aromatic heterocycles. The molecule has 1 heterocycles. The number of hydrogen-bond donors (Lipinski definition) is 2. The number of hydrogen-bond acceptors (Lipinski definition) is 4. The second kappa shape index (κ2) is 5.45. The van der Waals surface area contributed by atoms with E-state index in [9.17, 15) is 14.4 Å². The van der Waals surface area contributed by atoms with Gasteiger partial charge in [0.25, 0.3) is 0 Å². The topological polar surface area (TPSA) is 95.9 Å². The van der Waals surface area contributed by atoms with Crippen LogP contribution in [0.2, 0.25) is 0 Å². The summed E-state index contributed by atoms with van der Waals surface area (Å²) in [4.78, 5) is 34.8. The number of piperazine rings is 1. The van der Waals surface area contributed by atoms with Gasteiger partial charge in [0.2, 0.25) is 11.8 Å². The fourth-order valence-electron chi connectivity index (χ4n) is 1.59. The third-order valence-corrected chi connectivity index (χ3v) is 2.29. The van der Waals surface area contributed by atoms with Gasteiger partial charge in [-0.25, -0.2) is 0 Å². The molecular formula is C9H14N2O5. The maximum Gasteiger partial charge on any atom is 0.305 e. The van der Waals surface area contributed by atoms with Crippen LogP contribution >= 0.6 is 0 Å². The summed E-state index contributed by atoms with van der Waals surface area (Å²) in [5, 5.41) is 11.2. The van der Waals surface area contributed by atoms with Gasteiger partial charge >= 0.3 is 5.97 Å². The Morgan fingerprint density at radius 1 is 1.62 bits per heavy atom.